The summed E-state index contributed by atoms with van der Waals surface area (Å²) in [5, 5.41) is 3.42. The molecule has 1 N–H and O–H groups in total. The van der Waals surface area contributed by atoms with E-state index in [9.17, 15) is 4.79 Å². The van der Waals surface area contributed by atoms with Crippen LogP contribution in [-0.2, 0) is 4.79 Å². The number of rotatable bonds is 2. The van der Waals surface area contributed by atoms with Crippen molar-refractivity contribution in [3.8, 4) is 0 Å². The minimum absolute atomic E-state index is 0.0482. The van der Waals surface area contributed by atoms with E-state index in [1.165, 1.54) is 18.4 Å². The maximum Gasteiger partial charge on any atom is 0.239 e. The number of hydrogen-bond acceptors (Lipinski definition) is 2. The third-order valence-electron chi connectivity index (χ3n) is 5.11. The Morgan fingerprint density at radius 1 is 1.14 bits per heavy atom. The second kappa shape index (κ2) is 6.61. The van der Waals surface area contributed by atoms with Crippen molar-refractivity contribution in [3.05, 3.63) is 35.9 Å². The standard InChI is InChI=1S/C18H26N2O/c1-14-6-5-11-19-17(14)18(21)20-12-9-16(10-13-20)15-7-3-2-4-8-15/h2-4,7-8,14,16-17,19H,5-6,9-13H2,1H3. The van der Waals surface area contributed by atoms with Crippen molar-refractivity contribution < 1.29 is 4.79 Å². The zero-order valence-corrected chi connectivity index (χ0v) is 12.9. The molecule has 0 aromatic heterocycles. The quantitative estimate of drug-likeness (QED) is 0.906. The molecule has 3 rings (SSSR count). The van der Waals surface area contributed by atoms with Gasteiger partial charge in [-0.2, -0.15) is 0 Å². The summed E-state index contributed by atoms with van der Waals surface area (Å²) in [6.45, 7) is 5.00. The van der Waals surface area contributed by atoms with Gasteiger partial charge in [0.25, 0.3) is 0 Å². The van der Waals surface area contributed by atoms with Crippen LogP contribution in [0.25, 0.3) is 0 Å². The monoisotopic (exact) mass is 286 g/mol. The molecule has 0 aliphatic carbocycles. The lowest BCUT2D eigenvalue weighted by atomic mass is 9.87. The Hall–Kier alpha value is -1.35. The molecule has 0 saturated carbocycles. The van der Waals surface area contributed by atoms with E-state index in [1.54, 1.807) is 0 Å². The molecular weight excluding hydrogens is 260 g/mol. The zero-order chi connectivity index (χ0) is 14.7. The lowest BCUT2D eigenvalue weighted by Crippen LogP contribution is -2.53. The highest BCUT2D eigenvalue weighted by molar-refractivity contribution is 5.82. The molecule has 1 aromatic rings. The summed E-state index contributed by atoms with van der Waals surface area (Å²) in [6, 6.07) is 10.8. The number of carbonyl (C=O) groups excluding carboxylic acids is 1. The second-order valence-electron chi connectivity index (χ2n) is 6.56. The summed E-state index contributed by atoms with van der Waals surface area (Å²) in [4.78, 5) is 14.8. The van der Waals surface area contributed by atoms with Crippen LogP contribution < -0.4 is 5.32 Å². The van der Waals surface area contributed by atoms with Gasteiger partial charge in [-0.15, -0.1) is 0 Å². The van der Waals surface area contributed by atoms with Crippen LogP contribution in [0.4, 0.5) is 0 Å². The SMILES string of the molecule is CC1CCCNC1C(=O)N1CCC(c2ccccc2)CC1. The van der Waals surface area contributed by atoms with Gasteiger partial charge in [-0.3, -0.25) is 4.79 Å². The molecule has 3 heteroatoms. The molecule has 2 aliphatic heterocycles. The summed E-state index contributed by atoms with van der Waals surface area (Å²) in [7, 11) is 0. The fraction of sp³-hybridized carbons (Fsp3) is 0.611. The zero-order valence-electron chi connectivity index (χ0n) is 12.9. The van der Waals surface area contributed by atoms with Gasteiger partial charge >= 0.3 is 0 Å². The Morgan fingerprint density at radius 3 is 2.52 bits per heavy atom. The van der Waals surface area contributed by atoms with Crippen LogP contribution in [0.2, 0.25) is 0 Å². The number of amides is 1. The van der Waals surface area contributed by atoms with E-state index in [2.05, 4.69) is 47.5 Å². The van der Waals surface area contributed by atoms with E-state index in [4.69, 9.17) is 0 Å². The van der Waals surface area contributed by atoms with Crippen molar-refractivity contribution >= 4 is 5.91 Å². The van der Waals surface area contributed by atoms with Gasteiger partial charge in [-0.25, -0.2) is 0 Å². The third-order valence-corrected chi connectivity index (χ3v) is 5.11. The Labute approximate surface area is 127 Å². The number of nitrogens with one attached hydrogen (secondary N) is 1. The summed E-state index contributed by atoms with van der Waals surface area (Å²) in [5.41, 5.74) is 1.42. The first-order chi connectivity index (χ1) is 10.3. The molecule has 0 spiro atoms. The van der Waals surface area contributed by atoms with Gasteiger partial charge < -0.3 is 10.2 Å². The second-order valence-corrected chi connectivity index (χ2v) is 6.56. The molecule has 3 nitrogen and oxygen atoms in total. The van der Waals surface area contributed by atoms with Crippen molar-refractivity contribution in [1.29, 1.82) is 0 Å². The van der Waals surface area contributed by atoms with Crippen molar-refractivity contribution in [3.63, 3.8) is 0 Å². The number of piperidine rings is 2. The lowest BCUT2D eigenvalue weighted by molar-refractivity contribution is -0.136. The van der Waals surface area contributed by atoms with Crippen LogP contribution in [-0.4, -0.2) is 36.5 Å². The predicted molar refractivity (Wildman–Crippen MR) is 85.2 cm³/mol. The Kier molecular flexibility index (Phi) is 4.59. The topological polar surface area (TPSA) is 32.3 Å². The molecular formula is C18H26N2O. The largest absolute Gasteiger partial charge is 0.341 e. The summed E-state index contributed by atoms with van der Waals surface area (Å²) < 4.78 is 0. The molecule has 2 fully saturated rings. The molecule has 2 heterocycles. The molecule has 0 bridgehead atoms. The highest BCUT2D eigenvalue weighted by Gasteiger charge is 2.32. The van der Waals surface area contributed by atoms with E-state index in [0.717, 1.165) is 32.5 Å². The van der Waals surface area contributed by atoms with Crippen LogP contribution >= 0.6 is 0 Å². The molecule has 1 amide bonds. The van der Waals surface area contributed by atoms with E-state index in [1.807, 2.05) is 0 Å². The number of hydrogen-bond donors (Lipinski definition) is 1. The van der Waals surface area contributed by atoms with E-state index in [0.29, 0.717) is 17.7 Å². The van der Waals surface area contributed by atoms with Crippen molar-refractivity contribution in [2.24, 2.45) is 5.92 Å². The minimum atomic E-state index is 0.0482. The Balaban J connectivity index is 1.57. The van der Waals surface area contributed by atoms with Crippen LogP contribution in [0.1, 0.15) is 44.1 Å². The first-order valence-electron chi connectivity index (χ1n) is 8.33. The van der Waals surface area contributed by atoms with Crippen molar-refractivity contribution in [1.82, 2.24) is 10.2 Å². The Morgan fingerprint density at radius 2 is 1.86 bits per heavy atom. The average molecular weight is 286 g/mol. The summed E-state index contributed by atoms with van der Waals surface area (Å²) >= 11 is 0. The Bertz CT molecular complexity index is 465. The molecule has 21 heavy (non-hydrogen) atoms. The molecule has 114 valence electrons. The van der Waals surface area contributed by atoms with E-state index < -0.39 is 0 Å². The van der Waals surface area contributed by atoms with Crippen LogP contribution in [0.3, 0.4) is 0 Å². The minimum Gasteiger partial charge on any atom is -0.341 e. The van der Waals surface area contributed by atoms with Gasteiger partial charge in [-0.1, -0.05) is 37.3 Å². The van der Waals surface area contributed by atoms with Crippen molar-refractivity contribution in [2.45, 2.75) is 44.6 Å². The van der Waals surface area contributed by atoms with Gasteiger partial charge in [0.05, 0.1) is 6.04 Å². The molecule has 2 saturated heterocycles. The maximum atomic E-state index is 12.7. The molecule has 2 unspecified atom stereocenters. The number of nitrogens with zero attached hydrogens (tertiary/aromatic N) is 1. The van der Waals surface area contributed by atoms with E-state index in [-0.39, 0.29) is 6.04 Å². The van der Waals surface area contributed by atoms with E-state index >= 15 is 0 Å². The van der Waals surface area contributed by atoms with Crippen LogP contribution in [0, 0.1) is 5.92 Å². The molecule has 1 aromatic carbocycles. The highest BCUT2D eigenvalue weighted by atomic mass is 16.2. The first-order valence-corrected chi connectivity index (χ1v) is 8.33. The molecule has 0 radical (unpaired) electrons. The third kappa shape index (κ3) is 3.29. The highest BCUT2D eigenvalue weighted by Crippen LogP contribution is 2.28. The fourth-order valence-corrected chi connectivity index (χ4v) is 3.74. The number of benzene rings is 1. The summed E-state index contributed by atoms with van der Waals surface area (Å²) in [6.07, 6.45) is 4.55. The smallest absolute Gasteiger partial charge is 0.239 e. The molecule has 2 atom stereocenters. The van der Waals surface area contributed by atoms with Gasteiger partial charge in [-0.05, 0) is 49.6 Å². The summed E-state index contributed by atoms with van der Waals surface area (Å²) in [5.74, 6) is 1.42. The van der Waals surface area contributed by atoms with Gasteiger partial charge in [0, 0.05) is 13.1 Å². The number of carbonyl (C=O) groups is 1. The van der Waals surface area contributed by atoms with Crippen LogP contribution in [0.5, 0.6) is 0 Å². The van der Waals surface area contributed by atoms with Crippen molar-refractivity contribution in [2.75, 3.05) is 19.6 Å². The fourth-order valence-electron chi connectivity index (χ4n) is 3.74. The van der Waals surface area contributed by atoms with Crippen LogP contribution in [0.15, 0.2) is 30.3 Å². The first kappa shape index (κ1) is 14.6. The lowest BCUT2D eigenvalue weighted by Gasteiger charge is -2.37. The average Bonchev–Trinajstić information content (AvgIpc) is 2.56. The normalized spacial score (nSPS) is 27.6. The van der Waals surface area contributed by atoms with Gasteiger partial charge in [0.1, 0.15) is 0 Å². The maximum absolute atomic E-state index is 12.7. The van der Waals surface area contributed by atoms with Gasteiger partial charge in [0.2, 0.25) is 5.91 Å². The van der Waals surface area contributed by atoms with Gasteiger partial charge in [0.15, 0.2) is 0 Å². The number of likely N-dealkylation sites (tertiary alicyclic amines) is 1. The predicted octanol–water partition coefficient (Wildman–Crippen LogP) is 2.78. The molecule has 2 aliphatic rings.